The third-order valence-corrected chi connectivity index (χ3v) is 0.925. The van der Waals surface area contributed by atoms with Crippen molar-refractivity contribution in [2.75, 3.05) is 0 Å². The summed E-state index contributed by atoms with van der Waals surface area (Å²) in [6, 6.07) is 0. The second-order valence-corrected chi connectivity index (χ2v) is 1.94. The number of ketones is 1. The minimum absolute atomic E-state index is 0.0448. The quantitative estimate of drug-likeness (QED) is 0.436. The average molecular weight is 159 g/mol. The van der Waals surface area contributed by atoms with E-state index in [1.165, 1.54) is 6.92 Å². The van der Waals surface area contributed by atoms with Gasteiger partial charge in [0.15, 0.2) is 0 Å². The molecule has 0 aromatic rings. The molecule has 0 saturated heterocycles. The maximum Gasteiger partial charge on any atom is 0.320 e. The Kier molecular flexibility index (Phi) is 4.72. The molecule has 0 aliphatic heterocycles. The molecule has 0 aliphatic carbocycles. The van der Waals surface area contributed by atoms with E-state index in [9.17, 15) is 14.4 Å². The lowest BCUT2D eigenvalue weighted by Gasteiger charge is -1.98. The van der Waals surface area contributed by atoms with Crippen molar-refractivity contribution in [1.82, 2.24) is 5.48 Å². The molecule has 0 rings (SSSR count). The van der Waals surface area contributed by atoms with Crippen LogP contribution in [0.3, 0.4) is 0 Å². The van der Waals surface area contributed by atoms with Gasteiger partial charge in [-0.3, -0.25) is 9.59 Å². The van der Waals surface area contributed by atoms with Gasteiger partial charge >= 0.3 is 6.47 Å². The highest BCUT2D eigenvalue weighted by Gasteiger charge is 2.02. The lowest BCUT2D eigenvalue weighted by Crippen LogP contribution is -2.23. The molecule has 1 N–H and O–H groups in total. The van der Waals surface area contributed by atoms with Crippen molar-refractivity contribution in [3.05, 3.63) is 0 Å². The van der Waals surface area contributed by atoms with E-state index < -0.39 is 5.91 Å². The van der Waals surface area contributed by atoms with Gasteiger partial charge in [0.1, 0.15) is 5.78 Å². The number of carbonyl (C=O) groups is 3. The zero-order valence-corrected chi connectivity index (χ0v) is 6.12. The number of carbonyl (C=O) groups excluding carboxylic acids is 3. The van der Waals surface area contributed by atoms with Gasteiger partial charge in [0, 0.05) is 12.8 Å². The average Bonchev–Trinajstić information content (AvgIpc) is 1.97. The molecule has 0 aliphatic rings. The molecule has 0 atom stereocenters. The summed E-state index contributed by atoms with van der Waals surface area (Å²) in [6.45, 7) is 1.49. The van der Waals surface area contributed by atoms with Crippen molar-refractivity contribution in [1.29, 1.82) is 0 Å². The third-order valence-electron chi connectivity index (χ3n) is 0.925. The molecule has 1 amide bonds. The summed E-state index contributed by atoms with van der Waals surface area (Å²) < 4.78 is 0. The van der Waals surface area contributed by atoms with E-state index in [-0.39, 0.29) is 25.1 Å². The van der Waals surface area contributed by atoms with E-state index in [4.69, 9.17) is 0 Å². The normalized spacial score (nSPS) is 8.45. The van der Waals surface area contributed by atoms with Crippen molar-refractivity contribution in [2.45, 2.75) is 19.8 Å². The number of hydrogen-bond donors (Lipinski definition) is 1. The van der Waals surface area contributed by atoms with Gasteiger partial charge in [0.2, 0.25) is 0 Å². The van der Waals surface area contributed by atoms with Gasteiger partial charge in [-0.2, -0.15) is 5.48 Å². The Morgan fingerprint density at radius 1 is 1.45 bits per heavy atom. The van der Waals surface area contributed by atoms with Crippen molar-refractivity contribution >= 4 is 18.2 Å². The molecule has 0 unspecified atom stereocenters. The summed E-state index contributed by atoms with van der Waals surface area (Å²) >= 11 is 0. The molecule has 5 nitrogen and oxygen atoms in total. The molecular weight excluding hydrogens is 150 g/mol. The van der Waals surface area contributed by atoms with Gasteiger partial charge in [0.05, 0.1) is 0 Å². The number of hydroxylamine groups is 1. The molecule has 0 spiro atoms. The highest BCUT2D eigenvalue weighted by atomic mass is 16.7. The Balaban J connectivity index is 3.37. The monoisotopic (exact) mass is 159 g/mol. The largest absolute Gasteiger partial charge is 0.344 e. The summed E-state index contributed by atoms with van der Waals surface area (Å²) in [5.41, 5.74) is 1.83. The maximum absolute atomic E-state index is 10.6. The summed E-state index contributed by atoms with van der Waals surface area (Å²) in [7, 11) is 0. The minimum atomic E-state index is -0.479. The summed E-state index contributed by atoms with van der Waals surface area (Å²) in [4.78, 5) is 34.4. The zero-order valence-electron chi connectivity index (χ0n) is 6.12. The van der Waals surface area contributed by atoms with Crippen LogP contribution in [0.15, 0.2) is 0 Å². The number of nitrogens with one attached hydrogen (secondary N) is 1. The van der Waals surface area contributed by atoms with Crippen LogP contribution >= 0.6 is 0 Å². The summed E-state index contributed by atoms with van der Waals surface area (Å²) in [6.07, 6.45) is 0.206. The first kappa shape index (κ1) is 9.61. The molecular formula is C6H9NO4. The van der Waals surface area contributed by atoms with Crippen LogP contribution in [0.5, 0.6) is 0 Å². The second kappa shape index (κ2) is 5.40. The molecule has 62 valence electrons. The highest BCUT2D eigenvalue weighted by Crippen LogP contribution is 1.88. The van der Waals surface area contributed by atoms with Crippen LogP contribution in [0.2, 0.25) is 0 Å². The molecule has 0 aromatic carbocycles. The molecule has 11 heavy (non-hydrogen) atoms. The van der Waals surface area contributed by atoms with Gasteiger partial charge in [0.25, 0.3) is 5.91 Å². The van der Waals surface area contributed by atoms with E-state index in [1.807, 2.05) is 5.48 Å². The fraction of sp³-hybridized carbons (Fsp3) is 0.500. The number of hydrogen-bond acceptors (Lipinski definition) is 4. The van der Waals surface area contributed by atoms with E-state index >= 15 is 0 Å². The van der Waals surface area contributed by atoms with Crippen LogP contribution in [-0.2, 0) is 19.2 Å². The van der Waals surface area contributed by atoms with Crippen molar-refractivity contribution in [2.24, 2.45) is 0 Å². The Bertz CT molecular complexity index is 166. The summed E-state index contributed by atoms with van der Waals surface area (Å²) in [5, 5.41) is 0. The minimum Gasteiger partial charge on any atom is -0.344 e. The molecule has 0 bridgehead atoms. The first-order valence-electron chi connectivity index (χ1n) is 3.04. The van der Waals surface area contributed by atoms with E-state index in [1.54, 1.807) is 0 Å². The van der Waals surface area contributed by atoms with Gasteiger partial charge in [-0.25, -0.2) is 0 Å². The predicted molar refractivity (Wildman–Crippen MR) is 35.2 cm³/mol. The van der Waals surface area contributed by atoms with Crippen LogP contribution in [-0.4, -0.2) is 18.2 Å². The van der Waals surface area contributed by atoms with Gasteiger partial charge < -0.3 is 9.63 Å². The van der Waals surface area contributed by atoms with Crippen LogP contribution in [0.4, 0.5) is 0 Å². The highest BCUT2D eigenvalue weighted by molar-refractivity contribution is 5.83. The van der Waals surface area contributed by atoms with Gasteiger partial charge in [-0.1, -0.05) is 0 Å². The fourth-order valence-corrected chi connectivity index (χ4v) is 0.430. The number of amides is 1. The number of Topliss-reactive ketones (excluding diaryl/α,β-unsaturated/α-hetero) is 1. The molecule has 0 heterocycles. The molecule has 0 aromatic heterocycles. The maximum atomic E-state index is 10.6. The number of rotatable bonds is 5. The van der Waals surface area contributed by atoms with Crippen LogP contribution in [0.1, 0.15) is 19.8 Å². The smallest absolute Gasteiger partial charge is 0.320 e. The molecule has 0 saturated carbocycles. The van der Waals surface area contributed by atoms with E-state index in [2.05, 4.69) is 4.84 Å². The topological polar surface area (TPSA) is 72.5 Å². The Hall–Kier alpha value is -1.39. The predicted octanol–water partition coefficient (Wildman–Crippen LogP) is -0.440. The van der Waals surface area contributed by atoms with Crippen molar-refractivity contribution < 1.29 is 19.2 Å². The lowest BCUT2D eigenvalue weighted by molar-refractivity contribution is -0.147. The van der Waals surface area contributed by atoms with Crippen molar-refractivity contribution in [3.63, 3.8) is 0 Å². The Morgan fingerprint density at radius 3 is 2.55 bits per heavy atom. The zero-order chi connectivity index (χ0) is 8.69. The first-order valence-corrected chi connectivity index (χ1v) is 3.04. The second-order valence-electron chi connectivity index (χ2n) is 1.94. The van der Waals surface area contributed by atoms with Crippen LogP contribution < -0.4 is 5.48 Å². The van der Waals surface area contributed by atoms with Crippen LogP contribution in [0, 0.1) is 0 Å². The molecule has 0 radical (unpaired) electrons. The SMILES string of the molecule is CC(=O)CCC(=O)NOC=O. The molecule has 0 fully saturated rings. The summed E-state index contributed by atoms with van der Waals surface area (Å²) in [5.74, 6) is -0.557. The lowest BCUT2D eigenvalue weighted by atomic mass is 10.2. The standard InChI is InChI=1S/C6H9NO4/c1-5(9)2-3-6(10)7-11-4-8/h4H,2-3H2,1H3,(H,7,10). The van der Waals surface area contributed by atoms with E-state index in [0.29, 0.717) is 0 Å². The van der Waals surface area contributed by atoms with Crippen LogP contribution in [0.25, 0.3) is 0 Å². The van der Waals surface area contributed by atoms with E-state index in [0.717, 1.165) is 0 Å². The van der Waals surface area contributed by atoms with Gasteiger partial charge in [-0.15, -0.1) is 0 Å². The third kappa shape index (κ3) is 6.50. The fourth-order valence-electron chi connectivity index (χ4n) is 0.430. The van der Waals surface area contributed by atoms with Crippen molar-refractivity contribution in [3.8, 4) is 0 Å². The van der Waals surface area contributed by atoms with Gasteiger partial charge in [-0.05, 0) is 6.92 Å². The Morgan fingerprint density at radius 2 is 2.09 bits per heavy atom. The Labute approximate surface area is 63.7 Å². The molecule has 5 heteroatoms. The first-order chi connectivity index (χ1) is 5.16.